The van der Waals surface area contributed by atoms with Crippen molar-refractivity contribution in [2.45, 2.75) is 24.3 Å². The maximum atomic E-state index is 12.5. The number of halogens is 1. The largest absolute Gasteiger partial charge is 0.325 e. The van der Waals surface area contributed by atoms with E-state index in [1.54, 1.807) is 30.5 Å². The third-order valence-electron chi connectivity index (χ3n) is 3.92. The van der Waals surface area contributed by atoms with Gasteiger partial charge in [0.1, 0.15) is 0 Å². The van der Waals surface area contributed by atoms with E-state index in [-0.39, 0.29) is 16.9 Å². The van der Waals surface area contributed by atoms with E-state index < -0.39 is 0 Å². The van der Waals surface area contributed by atoms with Gasteiger partial charge >= 0.3 is 0 Å². The summed E-state index contributed by atoms with van der Waals surface area (Å²) >= 11 is 4.81. The van der Waals surface area contributed by atoms with Crippen molar-refractivity contribution in [1.29, 1.82) is 0 Å². The van der Waals surface area contributed by atoms with Crippen LogP contribution in [0.2, 0.25) is 0 Å². The quantitative estimate of drug-likeness (QED) is 0.431. The number of nitrogens with zero attached hydrogens (tertiary/aromatic N) is 2. The molecular weight excluding hydrogens is 426 g/mol. The Bertz CT molecular complexity index is 952. The van der Waals surface area contributed by atoms with Gasteiger partial charge in [0.25, 0.3) is 0 Å². The number of Topliss-reactive ketones (excluding diaryl/α,β-unsaturated/α-hetero) is 1. The van der Waals surface area contributed by atoms with Crippen LogP contribution in [0.15, 0.2) is 70.6 Å². The molecule has 1 aromatic heterocycles. The summed E-state index contributed by atoms with van der Waals surface area (Å²) in [5.74, 6) is -0.127. The summed E-state index contributed by atoms with van der Waals surface area (Å²) in [6.45, 7) is 3.35. The Hall–Kier alpha value is -2.38. The van der Waals surface area contributed by atoms with Crippen molar-refractivity contribution >= 4 is 45.1 Å². The first kappa shape index (κ1) is 19.4. The Morgan fingerprint density at radius 2 is 1.78 bits per heavy atom. The topological polar surface area (TPSA) is 64.0 Å². The minimum Gasteiger partial charge on any atom is -0.325 e. The monoisotopic (exact) mass is 443 g/mol. The second-order valence-corrected chi connectivity index (χ2v) is 8.16. The molecule has 0 bridgehead atoms. The van der Waals surface area contributed by atoms with Crippen molar-refractivity contribution < 1.29 is 9.59 Å². The summed E-state index contributed by atoms with van der Waals surface area (Å²) in [6, 6.07) is 14.8. The summed E-state index contributed by atoms with van der Waals surface area (Å²) in [4.78, 5) is 28.2. The lowest BCUT2D eigenvalue weighted by atomic mass is 10.1. The summed E-state index contributed by atoms with van der Waals surface area (Å²) in [6.07, 6.45) is 3.59. The highest BCUT2D eigenvalue weighted by atomic mass is 79.9. The molecule has 0 aliphatic carbocycles. The van der Waals surface area contributed by atoms with E-state index in [1.807, 2.05) is 42.0 Å². The molecule has 138 valence electrons. The first-order valence-corrected chi connectivity index (χ1v) is 9.99. The van der Waals surface area contributed by atoms with Gasteiger partial charge < -0.3 is 5.32 Å². The molecule has 0 fully saturated rings. The van der Waals surface area contributed by atoms with Gasteiger partial charge in [-0.15, -0.1) is 0 Å². The summed E-state index contributed by atoms with van der Waals surface area (Å²) in [7, 11) is 0. The van der Waals surface area contributed by atoms with Crippen molar-refractivity contribution in [1.82, 2.24) is 9.55 Å². The van der Waals surface area contributed by atoms with E-state index in [0.29, 0.717) is 11.3 Å². The number of imidazole rings is 1. The van der Waals surface area contributed by atoms with E-state index in [1.165, 1.54) is 18.7 Å². The summed E-state index contributed by atoms with van der Waals surface area (Å²) in [5, 5.41) is 3.28. The molecule has 0 spiro atoms. The van der Waals surface area contributed by atoms with Crippen molar-refractivity contribution in [3.05, 3.63) is 71.0 Å². The fraction of sp³-hybridized carbons (Fsp3) is 0.150. The third kappa shape index (κ3) is 4.87. The molecule has 5 nitrogen and oxygen atoms in total. The van der Waals surface area contributed by atoms with Gasteiger partial charge in [0.15, 0.2) is 10.9 Å². The van der Waals surface area contributed by atoms with Crippen molar-refractivity contribution in [2.75, 3.05) is 5.32 Å². The van der Waals surface area contributed by atoms with Gasteiger partial charge in [-0.25, -0.2) is 4.98 Å². The number of amides is 1. The van der Waals surface area contributed by atoms with Gasteiger partial charge in [-0.3, -0.25) is 14.2 Å². The predicted molar refractivity (Wildman–Crippen MR) is 112 cm³/mol. The number of carbonyl (C=O) groups is 2. The molecule has 1 atom stereocenters. The number of ketones is 1. The Kier molecular flexibility index (Phi) is 6.13. The van der Waals surface area contributed by atoms with Crippen LogP contribution in [0, 0.1) is 0 Å². The van der Waals surface area contributed by atoms with E-state index in [2.05, 4.69) is 26.2 Å². The fourth-order valence-corrected chi connectivity index (χ4v) is 3.57. The lowest BCUT2D eigenvalue weighted by molar-refractivity contribution is -0.115. The van der Waals surface area contributed by atoms with Crippen LogP contribution in [0.5, 0.6) is 0 Å². The second kappa shape index (κ2) is 8.54. The Morgan fingerprint density at radius 3 is 2.41 bits per heavy atom. The molecule has 0 aliphatic rings. The van der Waals surface area contributed by atoms with Crippen LogP contribution in [0.4, 0.5) is 5.69 Å². The number of hydrogen-bond donors (Lipinski definition) is 1. The first-order chi connectivity index (χ1) is 12.9. The lowest BCUT2D eigenvalue weighted by Crippen LogP contribution is -2.22. The predicted octanol–water partition coefficient (Wildman–Crippen LogP) is 4.96. The van der Waals surface area contributed by atoms with Crippen LogP contribution in [0.3, 0.4) is 0 Å². The number of aromatic nitrogens is 2. The van der Waals surface area contributed by atoms with Crippen LogP contribution >= 0.6 is 27.7 Å². The molecule has 2 aromatic carbocycles. The Balaban J connectivity index is 1.67. The maximum Gasteiger partial charge on any atom is 0.237 e. The number of rotatable bonds is 6. The molecule has 1 N–H and O–H groups in total. The Morgan fingerprint density at radius 1 is 1.11 bits per heavy atom. The maximum absolute atomic E-state index is 12.5. The smallest absolute Gasteiger partial charge is 0.237 e. The number of hydrogen-bond acceptors (Lipinski definition) is 4. The summed E-state index contributed by atoms with van der Waals surface area (Å²) in [5.41, 5.74) is 2.26. The highest BCUT2D eigenvalue weighted by molar-refractivity contribution is 9.10. The van der Waals surface area contributed by atoms with Gasteiger partial charge in [0.05, 0.1) is 5.25 Å². The second-order valence-electron chi connectivity index (χ2n) is 5.94. The van der Waals surface area contributed by atoms with Crippen LogP contribution in [-0.4, -0.2) is 26.5 Å². The normalized spacial score (nSPS) is 11.8. The van der Waals surface area contributed by atoms with E-state index >= 15 is 0 Å². The molecule has 0 saturated heterocycles. The van der Waals surface area contributed by atoms with E-state index in [9.17, 15) is 9.59 Å². The minimum atomic E-state index is -0.339. The molecule has 1 heterocycles. The molecule has 3 aromatic rings. The molecule has 7 heteroatoms. The van der Waals surface area contributed by atoms with Gasteiger partial charge in [-0.05, 0) is 62.4 Å². The van der Waals surface area contributed by atoms with E-state index in [4.69, 9.17) is 0 Å². The van der Waals surface area contributed by atoms with Gasteiger partial charge in [0.2, 0.25) is 5.91 Å². The molecule has 3 rings (SSSR count). The van der Waals surface area contributed by atoms with Crippen molar-refractivity contribution in [3.63, 3.8) is 0 Å². The van der Waals surface area contributed by atoms with Crippen molar-refractivity contribution in [2.24, 2.45) is 0 Å². The Labute approximate surface area is 170 Å². The third-order valence-corrected chi connectivity index (χ3v) is 5.53. The molecule has 0 radical (unpaired) electrons. The number of carbonyl (C=O) groups excluding carboxylic acids is 2. The fourth-order valence-electron chi connectivity index (χ4n) is 2.42. The molecular formula is C20H18BrN3O2S. The standard InChI is InChI=1S/C20H18BrN3O2S/c1-13(25)15-3-7-17(8-4-15)23-19(26)14(2)27-20-22-11-12-24(20)18-9-5-16(21)6-10-18/h3-12,14H,1-2H3,(H,23,26). The van der Waals surface area contributed by atoms with Gasteiger partial charge in [-0.2, -0.15) is 0 Å². The number of benzene rings is 2. The van der Waals surface area contributed by atoms with Crippen LogP contribution in [0.1, 0.15) is 24.2 Å². The average Bonchev–Trinajstić information content (AvgIpc) is 3.10. The van der Waals surface area contributed by atoms with Crippen LogP contribution < -0.4 is 5.32 Å². The zero-order valence-corrected chi connectivity index (χ0v) is 17.3. The van der Waals surface area contributed by atoms with Gasteiger partial charge in [0, 0.05) is 33.8 Å². The number of anilines is 1. The van der Waals surface area contributed by atoms with Crippen LogP contribution in [-0.2, 0) is 4.79 Å². The average molecular weight is 444 g/mol. The lowest BCUT2D eigenvalue weighted by Gasteiger charge is -2.13. The first-order valence-electron chi connectivity index (χ1n) is 8.32. The molecule has 0 aliphatic heterocycles. The summed E-state index contributed by atoms with van der Waals surface area (Å²) < 4.78 is 2.95. The highest BCUT2D eigenvalue weighted by Crippen LogP contribution is 2.26. The zero-order valence-electron chi connectivity index (χ0n) is 14.8. The van der Waals surface area contributed by atoms with Crippen molar-refractivity contribution in [3.8, 4) is 5.69 Å². The van der Waals surface area contributed by atoms with E-state index in [0.717, 1.165) is 15.3 Å². The zero-order chi connectivity index (χ0) is 19.4. The molecule has 0 saturated carbocycles. The molecule has 1 amide bonds. The number of nitrogens with one attached hydrogen (secondary N) is 1. The minimum absolute atomic E-state index is 0.00317. The van der Waals surface area contributed by atoms with Gasteiger partial charge in [-0.1, -0.05) is 27.7 Å². The SMILES string of the molecule is CC(=O)c1ccc(NC(=O)C(C)Sc2nccn2-c2ccc(Br)cc2)cc1. The molecule has 1 unspecified atom stereocenters. The highest BCUT2D eigenvalue weighted by Gasteiger charge is 2.18. The number of thioether (sulfide) groups is 1. The van der Waals surface area contributed by atoms with Crippen LogP contribution in [0.25, 0.3) is 5.69 Å². The molecule has 27 heavy (non-hydrogen) atoms.